The summed E-state index contributed by atoms with van der Waals surface area (Å²) in [5.74, 6) is -0.909. The van der Waals surface area contributed by atoms with Gasteiger partial charge in [0.15, 0.2) is 11.6 Å². The molecular weight excluding hydrogens is 268 g/mol. The molecule has 2 aromatic carbocycles. The molecule has 0 radical (unpaired) electrons. The highest BCUT2D eigenvalue weighted by molar-refractivity contribution is 7.98. The van der Waals surface area contributed by atoms with Gasteiger partial charge in [0.2, 0.25) is 0 Å². The van der Waals surface area contributed by atoms with Crippen molar-refractivity contribution in [2.45, 2.75) is 11.4 Å². The molecule has 0 spiro atoms. The van der Waals surface area contributed by atoms with Gasteiger partial charge in [0.05, 0.1) is 0 Å². The van der Waals surface area contributed by atoms with Crippen molar-refractivity contribution in [2.75, 3.05) is 6.26 Å². The molecule has 0 saturated heterocycles. The van der Waals surface area contributed by atoms with Crippen molar-refractivity contribution in [2.24, 2.45) is 5.73 Å². The highest BCUT2D eigenvalue weighted by Gasteiger charge is 2.11. The van der Waals surface area contributed by atoms with Crippen molar-refractivity contribution in [1.29, 1.82) is 0 Å². The van der Waals surface area contributed by atoms with E-state index >= 15 is 0 Å². The third-order valence-electron chi connectivity index (χ3n) is 2.63. The zero-order valence-corrected chi connectivity index (χ0v) is 11.1. The van der Waals surface area contributed by atoms with Crippen LogP contribution in [0.5, 0.6) is 11.5 Å². The van der Waals surface area contributed by atoms with Crippen LogP contribution in [0.4, 0.5) is 8.78 Å². The number of halogens is 2. The van der Waals surface area contributed by atoms with Crippen LogP contribution >= 0.6 is 11.8 Å². The molecule has 100 valence electrons. The van der Waals surface area contributed by atoms with Crippen molar-refractivity contribution < 1.29 is 13.5 Å². The minimum Gasteiger partial charge on any atom is -0.454 e. The van der Waals surface area contributed by atoms with E-state index < -0.39 is 11.6 Å². The molecule has 0 aliphatic carbocycles. The van der Waals surface area contributed by atoms with Crippen LogP contribution in [0.3, 0.4) is 0 Å². The van der Waals surface area contributed by atoms with E-state index in [9.17, 15) is 8.78 Å². The SMILES string of the molecule is CSc1cccc(Oc2ccc(F)cc2F)c1CN. The van der Waals surface area contributed by atoms with E-state index in [-0.39, 0.29) is 12.3 Å². The fraction of sp³-hybridized carbons (Fsp3) is 0.143. The summed E-state index contributed by atoms with van der Waals surface area (Å²) in [5.41, 5.74) is 6.50. The molecule has 0 atom stereocenters. The Labute approximate surface area is 114 Å². The molecule has 5 heteroatoms. The number of hydrogen-bond donors (Lipinski definition) is 1. The van der Waals surface area contributed by atoms with Crippen LogP contribution in [-0.4, -0.2) is 6.26 Å². The predicted molar refractivity (Wildman–Crippen MR) is 72.5 cm³/mol. The van der Waals surface area contributed by atoms with E-state index in [1.165, 1.54) is 17.8 Å². The Bertz CT molecular complexity index is 590. The molecule has 0 aliphatic heterocycles. The average molecular weight is 281 g/mol. The first-order valence-corrected chi connectivity index (χ1v) is 6.87. The smallest absolute Gasteiger partial charge is 0.168 e. The lowest BCUT2D eigenvalue weighted by molar-refractivity contribution is 0.432. The van der Waals surface area contributed by atoms with Gasteiger partial charge < -0.3 is 10.5 Å². The van der Waals surface area contributed by atoms with Crippen molar-refractivity contribution >= 4 is 11.8 Å². The maximum atomic E-state index is 13.6. The van der Waals surface area contributed by atoms with E-state index in [1.54, 1.807) is 6.07 Å². The zero-order valence-electron chi connectivity index (χ0n) is 10.3. The normalized spacial score (nSPS) is 10.5. The molecule has 0 aliphatic rings. The first-order chi connectivity index (χ1) is 9.15. The number of benzene rings is 2. The summed E-state index contributed by atoms with van der Waals surface area (Å²) in [4.78, 5) is 0.975. The molecule has 2 nitrogen and oxygen atoms in total. The average Bonchev–Trinajstić information content (AvgIpc) is 2.41. The molecule has 2 N–H and O–H groups in total. The third-order valence-corrected chi connectivity index (χ3v) is 3.45. The van der Waals surface area contributed by atoms with Crippen molar-refractivity contribution in [3.8, 4) is 11.5 Å². The summed E-state index contributed by atoms with van der Waals surface area (Å²) >= 11 is 1.54. The second-order valence-corrected chi connectivity index (χ2v) is 4.67. The highest BCUT2D eigenvalue weighted by Crippen LogP contribution is 2.32. The molecule has 0 fully saturated rings. The largest absolute Gasteiger partial charge is 0.454 e. The Balaban J connectivity index is 2.37. The summed E-state index contributed by atoms with van der Waals surface area (Å²) in [6, 6.07) is 8.64. The Morgan fingerprint density at radius 3 is 2.58 bits per heavy atom. The minimum absolute atomic E-state index is 0.0191. The van der Waals surface area contributed by atoms with E-state index in [0.29, 0.717) is 5.75 Å². The van der Waals surface area contributed by atoms with Crippen LogP contribution in [0, 0.1) is 11.6 Å². The van der Waals surface area contributed by atoms with Gasteiger partial charge in [0.1, 0.15) is 11.6 Å². The van der Waals surface area contributed by atoms with E-state index in [2.05, 4.69) is 0 Å². The molecule has 0 saturated carbocycles. The second kappa shape index (κ2) is 6.04. The van der Waals surface area contributed by atoms with E-state index in [1.807, 2.05) is 18.4 Å². The topological polar surface area (TPSA) is 35.2 Å². The van der Waals surface area contributed by atoms with Gasteiger partial charge in [-0.3, -0.25) is 0 Å². The van der Waals surface area contributed by atoms with Gasteiger partial charge in [-0.25, -0.2) is 8.78 Å². The zero-order chi connectivity index (χ0) is 13.8. The van der Waals surface area contributed by atoms with Gasteiger partial charge in [-0.05, 0) is 30.5 Å². The van der Waals surface area contributed by atoms with E-state index in [4.69, 9.17) is 10.5 Å². The van der Waals surface area contributed by atoms with Crippen LogP contribution in [-0.2, 0) is 6.54 Å². The van der Waals surface area contributed by atoms with Crippen molar-refractivity contribution in [3.05, 3.63) is 53.6 Å². The maximum absolute atomic E-state index is 13.6. The summed E-state index contributed by atoms with van der Waals surface area (Å²) in [7, 11) is 0. The molecule has 0 aromatic heterocycles. The number of hydrogen-bond acceptors (Lipinski definition) is 3. The van der Waals surface area contributed by atoms with Gasteiger partial charge in [0, 0.05) is 23.1 Å². The Kier molecular flexibility index (Phi) is 4.39. The summed E-state index contributed by atoms with van der Waals surface area (Å²) in [6.07, 6.45) is 1.93. The Morgan fingerprint density at radius 2 is 1.95 bits per heavy atom. The first kappa shape index (κ1) is 13.8. The van der Waals surface area contributed by atoms with Gasteiger partial charge in [0.25, 0.3) is 0 Å². The number of rotatable bonds is 4. The monoisotopic (exact) mass is 281 g/mol. The predicted octanol–water partition coefficient (Wildman–Crippen LogP) is 3.94. The Morgan fingerprint density at radius 1 is 1.16 bits per heavy atom. The Hall–Kier alpha value is -1.59. The van der Waals surface area contributed by atoms with E-state index in [0.717, 1.165) is 22.6 Å². The lowest BCUT2D eigenvalue weighted by Crippen LogP contribution is -2.02. The quantitative estimate of drug-likeness (QED) is 0.862. The number of thioether (sulfide) groups is 1. The molecule has 0 amide bonds. The molecule has 0 bridgehead atoms. The molecular formula is C14H13F2NOS. The molecule has 0 heterocycles. The number of nitrogens with two attached hydrogens (primary N) is 1. The summed E-state index contributed by atoms with van der Waals surface area (Å²) in [5, 5.41) is 0. The first-order valence-electron chi connectivity index (χ1n) is 5.64. The lowest BCUT2D eigenvalue weighted by Gasteiger charge is -2.13. The lowest BCUT2D eigenvalue weighted by atomic mass is 10.2. The third kappa shape index (κ3) is 3.05. The van der Waals surface area contributed by atoms with Crippen LogP contribution in [0.25, 0.3) is 0 Å². The van der Waals surface area contributed by atoms with Crippen LogP contribution in [0.2, 0.25) is 0 Å². The molecule has 2 aromatic rings. The van der Waals surface area contributed by atoms with Crippen LogP contribution < -0.4 is 10.5 Å². The molecule has 19 heavy (non-hydrogen) atoms. The highest BCUT2D eigenvalue weighted by atomic mass is 32.2. The van der Waals surface area contributed by atoms with Crippen LogP contribution in [0.1, 0.15) is 5.56 Å². The second-order valence-electron chi connectivity index (χ2n) is 3.82. The standard InChI is InChI=1S/C14H13F2NOS/c1-19-14-4-2-3-12(10(14)8-17)18-13-6-5-9(15)7-11(13)16/h2-7H,8,17H2,1H3. The number of ether oxygens (including phenoxy) is 1. The van der Waals surface area contributed by atoms with Gasteiger partial charge in [-0.1, -0.05) is 6.07 Å². The summed E-state index contributed by atoms with van der Waals surface area (Å²) in [6.45, 7) is 0.287. The van der Waals surface area contributed by atoms with Crippen molar-refractivity contribution in [1.82, 2.24) is 0 Å². The van der Waals surface area contributed by atoms with Gasteiger partial charge in [-0.2, -0.15) is 0 Å². The minimum atomic E-state index is -0.738. The summed E-state index contributed by atoms with van der Waals surface area (Å²) < 4.78 is 31.9. The van der Waals surface area contributed by atoms with Gasteiger partial charge in [-0.15, -0.1) is 11.8 Å². The molecule has 0 unspecified atom stereocenters. The fourth-order valence-corrected chi connectivity index (χ4v) is 2.35. The van der Waals surface area contributed by atoms with Gasteiger partial charge >= 0.3 is 0 Å². The fourth-order valence-electron chi connectivity index (χ4n) is 1.71. The van der Waals surface area contributed by atoms with Crippen molar-refractivity contribution in [3.63, 3.8) is 0 Å². The molecule has 2 rings (SSSR count). The van der Waals surface area contributed by atoms with Crippen LogP contribution in [0.15, 0.2) is 41.3 Å². The maximum Gasteiger partial charge on any atom is 0.168 e.